The molecule has 0 nitrogen and oxygen atoms in total. The fourth-order valence-corrected chi connectivity index (χ4v) is 0. The van der Waals surface area contributed by atoms with Gasteiger partial charge in [0.1, 0.15) is 0 Å². The van der Waals surface area contributed by atoms with Crippen molar-refractivity contribution in [1.29, 1.82) is 0 Å². The molecular weight excluding hydrogens is 116 g/mol. The summed E-state index contributed by atoms with van der Waals surface area (Å²) < 4.78 is 0. The third-order valence-corrected chi connectivity index (χ3v) is 0. The van der Waals surface area contributed by atoms with Gasteiger partial charge in [0.25, 0.3) is 0 Å². The Balaban J connectivity index is 0. The van der Waals surface area contributed by atoms with Crippen molar-refractivity contribution in [1.82, 2.24) is 0 Å². The van der Waals surface area contributed by atoms with E-state index in [1.165, 1.54) is 0 Å². The summed E-state index contributed by atoms with van der Waals surface area (Å²) in [6.45, 7) is 11.1. The Morgan fingerprint density at radius 1 is 1.00 bits per heavy atom. The SMILES string of the molecule is C[Si](C)C.C[Si]C. The standard InChI is InChI=1S/C3H9Si.C2H6Si/c1-4(2)3;1-3-2/h1-3H3;1-2H3. The third-order valence-electron chi connectivity index (χ3n) is 0. The summed E-state index contributed by atoms with van der Waals surface area (Å²) in [6.07, 6.45) is 0. The summed E-state index contributed by atoms with van der Waals surface area (Å²) in [6, 6.07) is 0. The zero-order valence-electron chi connectivity index (χ0n) is 6.00. The van der Waals surface area contributed by atoms with Gasteiger partial charge in [-0.1, -0.05) is 32.7 Å². The topological polar surface area (TPSA) is 0 Å². The van der Waals surface area contributed by atoms with E-state index in [1.54, 1.807) is 0 Å². The van der Waals surface area contributed by atoms with E-state index in [9.17, 15) is 0 Å². The second-order valence-electron chi connectivity index (χ2n) is 2.00. The van der Waals surface area contributed by atoms with E-state index in [4.69, 9.17) is 0 Å². The highest BCUT2D eigenvalue weighted by Crippen LogP contribution is 1.68. The first-order valence-corrected chi connectivity index (χ1v) is 7.50. The molecule has 0 spiro atoms. The van der Waals surface area contributed by atoms with Crippen molar-refractivity contribution >= 4 is 18.3 Å². The van der Waals surface area contributed by atoms with Crippen molar-refractivity contribution in [3.8, 4) is 0 Å². The van der Waals surface area contributed by atoms with E-state index in [-0.39, 0.29) is 8.80 Å². The van der Waals surface area contributed by atoms with Crippen molar-refractivity contribution in [3.63, 3.8) is 0 Å². The normalized spacial score (nSPS) is 7.71. The van der Waals surface area contributed by atoms with E-state index in [1.807, 2.05) is 0 Å². The molecule has 7 heavy (non-hydrogen) atoms. The van der Waals surface area contributed by atoms with Gasteiger partial charge in [-0.3, -0.25) is 0 Å². The van der Waals surface area contributed by atoms with Crippen LogP contribution in [0.3, 0.4) is 0 Å². The highest BCUT2D eigenvalue weighted by atomic mass is 28.3. The van der Waals surface area contributed by atoms with Crippen LogP contribution >= 0.6 is 0 Å². The molecule has 0 N–H and O–H groups in total. The lowest BCUT2D eigenvalue weighted by Gasteiger charge is -1.75. The zero-order chi connectivity index (χ0) is 6.28. The van der Waals surface area contributed by atoms with Gasteiger partial charge in [-0.2, -0.15) is 0 Å². The number of hydrogen-bond donors (Lipinski definition) is 0. The molecule has 0 amide bonds. The van der Waals surface area contributed by atoms with Crippen LogP contribution in [0.1, 0.15) is 0 Å². The molecule has 0 unspecified atom stereocenters. The van der Waals surface area contributed by atoms with Crippen molar-refractivity contribution in [2.75, 3.05) is 0 Å². The van der Waals surface area contributed by atoms with Crippen LogP contribution in [-0.2, 0) is 0 Å². The molecule has 0 aromatic carbocycles. The summed E-state index contributed by atoms with van der Waals surface area (Å²) in [4.78, 5) is 0. The molecule has 0 aromatic rings. The van der Waals surface area contributed by atoms with Gasteiger partial charge in [-0.15, -0.1) is 0 Å². The van der Waals surface area contributed by atoms with E-state index in [2.05, 4.69) is 32.7 Å². The maximum absolute atomic E-state index is 2.27. The van der Waals surface area contributed by atoms with Crippen LogP contribution in [0.2, 0.25) is 32.7 Å². The number of hydrogen-bond acceptors (Lipinski definition) is 0. The van der Waals surface area contributed by atoms with Crippen LogP contribution in [0.15, 0.2) is 0 Å². The van der Waals surface area contributed by atoms with E-state index in [0.717, 1.165) is 9.52 Å². The summed E-state index contributed by atoms with van der Waals surface area (Å²) in [5.74, 6) is 0. The second kappa shape index (κ2) is 9.66. The molecule has 0 aromatic heterocycles. The van der Waals surface area contributed by atoms with Gasteiger partial charge in [-0.25, -0.2) is 0 Å². The zero-order valence-corrected chi connectivity index (χ0v) is 8.00. The van der Waals surface area contributed by atoms with Gasteiger partial charge in [0.05, 0.1) is 0 Å². The van der Waals surface area contributed by atoms with Crippen molar-refractivity contribution in [2.24, 2.45) is 0 Å². The lowest BCUT2D eigenvalue weighted by molar-refractivity contribution is 1.91. The van der Waals surface area contributed by atoms with Crippen LogP contribution in [0.4, 0.5) is 0 Å². The average Bonchev–Trinajstić information content (AvgIpc) is 1.33. The maximum Gasteiger partial charge on any atom is 0.0379 e. The third kappa shape index (κ3) is 672. The monoisotopic (exact) mass is 131 g/mol. The molecule has 0 saturated carbocycles. The van der Waals surface area contributed by atoms with Crippen LogP contribution in [0, 0.1) is 0 Å². The quantitative estimate of drug-likeness (QED) is 0.442. The van der Waals surface area contributed by atoms with Crippen molar-refractivity contribution in [3.05, 3.63) is 0 Å². The van der Waals surface area contributed by atoms with Crippen molar-refractivity contribution < 1.29 is 0 Å². The van der Waals surface area contributed by atoms with Gasteiger partial charge in [-0.05, 0) is 0 Å². The van der Waals surface area contributed by atoms with Gasteiger partial charge < -0.3 is 0 Å². The average molecular weight is 131 g/mol. The predicted octanol–water partition coefficient (Wildman–Crippen LogP) is 2.16. The van der Waals surface area contributed by atoms with E-state index in [0.29, 0.717) is 0 Å². The Labute approximate surface area is 51.8 Å². The molecule has 0 saturated heterocycles. The molecule has 0 bridgehead atoms. The summed E-state index contributed by atoms with van der Waals surface area (Å²) in [5.41, 5.74) is 0. The Hall–Kier alpha value is 0.434. The molecular formula is C5H15Si2. The van der Waals surface area contributed by atoms with Crippen LogP contribution in [0.25, 0.3) is 0 Å². The fourth-order valence-electron chi connectivity index (χ4n) is 0. The van der Waals surface area contributed by atoms with E-state index >= 15 is 0 Å². The molecule has 0 rings (SSSR count). The molecule has 0 heterocycles. The summed E-state index contributed by atoms with van der Waals surface area (Å²) >= 11 is 0. The van der Waals surface area contributed by atoms with Gasteiger partial charge in [0.15, 0.2) is 0 Å². The van der Waals surface area contributed by atoms with Gasteiger partial charge >= 0.3 is 0 Å². The highest BCUT2D eigenvalue weighted by Gasteiger charge is 1.72. The molecule has 0 atom stereocenters. The first kappa shape index (κ1) is 10.4. The predicted molar refractivity (Wildman–Crippen MR) is 40.8 cm³/mol. The minimum absolute atomic E-state index is 0.120. The molecule has 2 heteroatoms. The Morgan fingerprint density at radius 2 is 1.00 bits per heavy atom. The van der Waals surface area contributed by atoms with Crippen molar-refractivity contribution in [2.45, 2.75) is 32.7 Å². The lowest BCUT2D eigenvalue weighted by Crippen LogP contribution is -1.84. The van der Waals surface area contributed by atoms with Gasteiger partial charge in [0, 0.05) is 18.3 Å². The minimum atomic E-state index is 0.120. The molecule has 43 valence electrons. The smallest absolute Gasteiger partial charge is 0.0379 e. The highest BCUT2D eigenvalue weighted by molar-refractivity contribution is 6.54. The molecule has 0 aliphatic heterocycles. The van der Waals surface area contributed by atoms with E-state index < -0.39 is 0 Å². The Bertz CT molecular complexity index is 17.3. The van der Waals surface area contributed by atoms with Crippen LogP contribution < -0.4 is 0 Å². The summed E-state index contributed by atoms with van der Waals surface area (Å²) in [7, 11) is 1.20. The lowest BCUT2D eigenvalue weighted by atomic mass is 11.8. The first-order valence-electron chi connectivity index (χ1n) is 2.50. The van der Waals surface area contributed by atoms with Crippen LogP contribution in [-0.4, -0.2) is 18.3 Å². The van der Waals surface area contributed by atoms with Crippen LogP contribution in [0.5, 0.6) is 0 Å². The van der Waals surface area contributed by atoms with Gasteiger partial charge in [0.2, 0.25) is 0 Å². The maximum atomic E-state index is 2.27. The Morgan fingerprint density at radius 3 is 1.00 bits per heavy atom. The molecule has 0 aliphatic carbocycles. The first-order chi connectivity index (χ1) is 3.15. The molecule has 0 aliphatic rings. The molecule has 3 radical (unpaired) electrons. The largest absolute Gasteiger partial charge is 0.0735 e. The molecule has 0 fully saturated rings. The minimum Gasteiger partial charge on any atom is -0.0735 e. The number of rotatable bonds is 0. The Kier molecular flexibility index (Phi) is 14.4. The fraction of sp³-hybridized carbons (Fsp3) is 1.00. The second-order valence-corrected chi connectivity index (χ2v) is 6.00. The summed E-state index contributed by atoms with van der Waals surface area (Å²) in [5, 5.41) is 0.